The number of hydrogen-bond acceptors (Lipinski definition) is 4. The number of benzene rings is 1. The Labute approximate surface area is 147 Å². The SMILES string of the molecule is O=C([O-])C1=Cc2ccccc2OC1(OC(F)(F)F)C(F)(F)F.[Na+]. The largest absolute Gasteiger partial charge is 1.00 e. The summed E-state index contributed by atoms with van der Waals surface area (Å²) in [5.74, 6) is -7.66. The van der Waals surface area contributed by atoms with Crippen LogP contribution in [0.3, 0.4) is 0 Å². The van der Waals surface area contributed by atoms with Gasteiger partial charge < -0.3 is 14.6 Å². The summed E-state index contributed by atoms with van der Waals surface area (Å²) in [6.45, 7) is 0. The second kappa shape index (κ2) is 6.34. The van der Waals surface area contributed by atoms with Gasteiger partial charge in [0.25, 0.3) is 0 Å². The van der Waals surface area contributed by atoms with E-state index in [-0.39, 0.29) is 35.1 Å². The van der Waals surface area contributed by atoms with E-state index in [0.717, 1.165) is 12.1 Å². The Morgan fingerprint density at radius 1 is 1.13 bits per heavy atom. The van der Waals surface area contributed by atoms with E-state index < -0.39 is 35.6 Å². The number of carboxylic acids is 1. The van der Waals surface area contributed by atoms with Crippen molar-refractivity contribution in [3.63, 3.8) is 0 Å². The smallest absolute Gasteiger partial charge is 0.545 e. The molecule has 1 unspecified atom stereocenters. The minimum Gasteiger partial charge on any atom is -0.545 e. The zero-order valence-corrected chi connectivity index (χ0v) is 13.3. The van der Waals surface area contributed by atoms with Crippen molar-refractivity contribution in [1.29, 1.82) is 0 Å². The summed E-state index contributed by atoms with van der Waals surface area (Å²) in [5.41, 5.74) is -2.00. The third-order valence-electron chi connectivity index (χ3n) is 2.68. The molecule has 1 aromatic carbocycles. The molecule has 0 saturated carbocycles. The Hall–Kier alpha value is -1.23. The minimum absolute atomic E-state index is 0. The predicted molar refractivity (Wildman–Crippen MR) is 56.0 cm³/mol. The van der Waals surface area contributed by atoms with Gasteiger partial charge in [0.1, 0.15) is 5.75 Å². The van der Waals surface area contributed by atoms with Crippen molar-refractivity contribution >= 4 is 12.0 Å². The van der Waals surface area contributed by atoms with Crippen molar-refractivity contribution in [3.05, 3.63) is 35.4 Å². The molecule has 1 aromatic rings. The predicted octanol–water partition coefficient (Wildman–Crippen LogP) is -0.989. The third kappa shape index (κ3) is 3.82. The summed E-state index contributed by atoms with van der Waals surface area (Å²) in [6.07, 6.45) is -11.3. The molecule has 2 rings (SSSR count). The molecule has 0 aromatic heterocycles. The second-order valence-electron chi connectivity index (χ2n) is 4.15. The van der Waals surface area contributed by atoms with Crippen LogP contribution in [0.5, 0.6) is 5.75 Å². The van der Waals surface area contributed by atoms with Crippen molar-refractivity contribution in [1.82, 2.24) is 0 Å². The summed E-state index contributed by atoms with van der Waals surface area (Å²) < 4.78 is 83.9. The average Bonchev–Trinajstić information content (AvgIpc) is 2.34. The molecule has 0 amide bonds. The molecule has 0 aliphatic carbocycles. The number of rotatable bonds is 2. The van der Waals surface area contributed by atoms with Gasteiger partial charge in [0.05, 0.1) is 11.5 Å². The average molecular weight is 350 g/mol. The van der Waals surface area contributed by atoms with Crippen molar-refractivity contribution in [2.75, 3.05) is 0 Å². The van der Waals surface area contributed by atoms with Gasteiger partial charge in [-0.25, -0.2) is 4.74 Å². The quantitative estimate of drug-likeness (QED) is 0.508. The van der Waals surface area contributed by atoms with Crippen LogP contribution >= 0.6 is 0 Å². The van der Waals surface area contributed by atoms with Crippen molar-refractivity contribution in [2.24, 2.45) is 0 Å². The normalized spacial score (nSPS) is 20.7. The van der Waals surface area contributed by atoms with Crippen LogP contribution in [0.2, 0.25) is 0 Å². The Bertz CT molecular complexity index is 639. The Morgan fingerprint density at radius 2 is 1.70 bits per heavy atom. The van der Waals surface area contributed by atoms with E-state index in [2.05, 4.69) is 9.47 Å². The molecule has 11 heteroatoms. The Balaban J connectivity index is 0.00000264. The fourth-order valence-corrected chi connectivity index (χ4v) is 1.85. The summed E-state index contributed by atoms with van der Waals surface area (Å²) in [7, 11) is 0. The van der Waals surface area contributed by atoms with Gasteiger partial charge in [-0.1, -0.05) is 18.2 Å². The number of carboxylic acid groups (broad SMARTS) is 1. The molecule has 0 fully saturated rings. The number of fused-ring (bicyclic) bond motifs is 1. The van der Waals surface area contributed by atoms with Crippen LogP contribution in [0.25, 0.3) is 6.08 Å². The molecule has 1 aliphatic rings. The number of hydrogen-bond donors (Lipinski definition) is 0. The van der Waals surface area contributed by atoms with Crippen LogP contribution in [0, 0.1) is 0 Å². The third-order valence-corrected chi connectivity index (χ3v) is 2.68. The molecule has 4 nitrogen and oxygen atoms in total. The first-order valence-corrected chi connectivity index (χ1v) is 5.51. The Morgan fingerprint density at radius 3 is 2.17 bits per heavy atom. The fourth-order valence-electron chi connectivity index (χ4n) is 1.85. The minimum atomic E-state index is -5.83. The number of aliphatic carboxylic acids is 1. The number of carbonyl (C=O) groups is 1. The number of carbonyl (C=O) groups excluding carboxylic acids is 1. The molecule has 1 atom stereocenters. The molecule has 1 heterocycles. The van der Waals surface area contributed by atoms with Gasteiger partial charge in [0.2, 0.25) is 0 Å². The van der Waals surface area contributed by atoms with Crippen molar-refractivity contribution in [2.45, 2.75) is 18.3 Å². The molecular formula is C12H5F6NaO4. The summed E-state index contributed by atoms with van der Waals surface area (Å²) in [5, 5.41) is 10.9. The van der Waals surface area contributed by atoms with E-state index in [0.29, 0.717) is 6.08 Å². The van der Waals surface area contributed by atoms with E-state index >= 15 is 0 Å². The molecule has 0 N–H and O–H groups in total. The zero-order valence-electron chi connectivity index (χ0n) is 11.3. The van der Waals surface area contributed by atoms with Gasteiger partial charge in [0.15, 0.2) is 0 Å². The first-order chi connectivity index (χ1) is 9.96. The van der Waals surface area contributed by atoms with E-state index in [1.165, 1.54) is 12.1 Å². The van der Waals surface area contributed by atoms with Gasteiger partial charge >= 0.3 is 47.9 Å². The molecule has 0 bridgehead atoms. The second-order valence-corrected chi connectivity index (χ2v) is 4.15. The molecule has 23 heavy (non-hydrogen) atoms. The maximum absolute atomic E-state index is 13.1. The van der Waals surface area contributed by atoms with Crippen molar-refractivity contribution < 1.29 is 75.3 Å². The van der Waals surface area contributed by atoms with E-state index in [1.807, 2.05) is 0 Å². The monoisotopic (exact) mass is 350 g/mol. The first-order valence-electron chi connectivity index (χ1n) is 5.51. The Kier molecular flexibility index (Phi) is 5.47. The van der Waals surface area contributed by atoms with Crippen LogP contribution in [0.1, 0.15) is 5.56 Å². The standard InChI is InChI=1S/C12H6F6O4.Na/c13-11(14,15)10(22-12(16,17)18)7(9(19)20)5-6-3-1-2-4-8(6)21-10;/h1-5H,(H,19,20);/q;+1/p-1. The number of alkyl halides is 6. The van der Waals surface area contributed by atoms with Crippen LogP contribution in [0.15, 0.2) is 29.8 Å². The van der Waals surface area contributed by atoms with E-state index in [9.17, 15) is 36.2 Å². The van der Waals surface area contributed by atoms with Gasteiger partial charge in [-0.05, 0) is 12.1 Å². The van der Waals surface area contributed by atoms with Gasteiger partial charge in [-0.3, -0.25) is 0 Å². The molecule has 0 radical (unpaired) electrons. The van der Waals surface area contributed by atoms with Crippen LogP contribution < -0.4 is 39.4 Å². The fraction of sp³-hybridized carbons (Fsp3) is 0.250. The van der Waals surface area contributed by atoms with Gasteiger partial charge in [-0.2, -0.15) is 13.2 Å². The van der Waals surface area contributed by atoms with E-state index in [4.69, 9.17) is 0 Å². The van der Waals surface area contributed by atoms with Gasteiger partial charge in [-0.15, -0.1) is 13.2 Å². The number of halogens is 6. The molecule has 0 spiro atoms. The topological polar surface area (TPSA) is 58.6 Å². The number of ether oxygens (including phenoxy) is 2. The first kappa shape index (κ1) is 19.8. The summed E-state index contributed by atoms with van der Waals surface area (Å²) in [6, 6.07) is 4.63. The van der Waals surface area contributed by atoms with Crippen molar-refractivity contribution in [3.8, 4) is 5.75 Å². The summed E-state index contributed by atoms with van der Waals surface area (Å²) in [4.78, 5) is 10.9. The molecular weight excluding hydrogens is 345 g/mol. The number of para-hydroxylation sites is 1. The van der Waals surface area contributed by atoms with Crippen LogP contribution in [-0.4, -0.2) is 24.3 Å². The molecule has 120 valence electrons. The van der Waals surface area contributed by atoms with Crippen LogP contribution in [-0.2, 0) is 9.53 Å². The van der Waals surface area contributed by atoms with Gasteiger partial charge in [0, 0.05) is 5.56 Å². The maximum atomic E-state index is 13.1. The molecule has 0 saturated heterocycles. The van der Waals surface area contributed by atoms with Crippen LogP contribution in [0.4, 0.5) is 26.3 Å². The maximum Gasteiger partial charge on any atom is 1.00 e. The van der Waals surface area contributed by atoms with E-state index in [1.54, 1.807) is 0 Å². The zero-order chi connectivity index (χ0) is 16.8. The molecule has 1 aliphatic heterocycles. The summed E-state index contributed by atoms with van der Waals surface area (Å²) >= 11 is 0.